The van der Waals surface area contributed by atoms with Crippen molar-refractivity contribution in [1.29, 1.82) is 0 Å². The summed E-state index contributed by atoms with van der Waals surface area (Å²) in [5, 5.41) is 11.0. The lowest BCUT2D eigenvalue weighted by Crippen LogP contribution is -1.95. The van der Waals surface area contributed by atoms with Crippen LogP contribution < -0.4 is 0 Å². The summed E-state index contributed by atoms with van der Waals surface area (Å²) in [6.07, 6.45) is 0.968. The Bertz CT molecular complexity index is 185. The van der Waals surface area contributed by atoms with Crippen LogP contribution in [0.1, 0.15) is 11.1 Å². The number of hydrogen-bond acceptors (Lipinski definition) is 4. The predicted octanol–water partition coefficient (Wildman–Crippen LogP) is 0.375. The van der Waals surface area contributed by atoms with E-state index in [9.17, 15) is 4.79 Å². The van der Waals surface area contributed by atoms with Crippen molar-refractivity contribution in [1.82, 2.24) is 4.98 Å². The van der Waals surface area contributed by atoms with Crippen LogP contribution in [0, 0.1) is 0 Å². The third kappa shape index (κ3) is 1.34. The standard InChI is InChI=1S/C5H5NO2S/c7-3-4(8)5-6-1-2-9-5/h1-4,8H. The Balaban J connectivity index is 2.76. The fraction of sp³-hybridized carbons (Fsp3) is 0.200. The van der Waals surface area contributed by atoms with E-state index in [1.807, 2.05) is 0 Å². The van der Waals surface area contributed by atoms with Gasteiger partial charge in [-0.3, -0.25) is 4.79 Å². The number of rotatable bonds is 2. The summed E-state index contributed by atoms with van der Waals surface area (Å²) in [6.45, 7) is 0. The van der Waals surface area contributed by atoms with Crippen molar-refractivity contribution in [2.24, 2.45) is 0 Å². The molecule has 1 rings (SSSR count). The van der Waals surface area contributed by atoms with Gasteiger partial charge in [0.2, 0.25) is 0 Å². The molecule has 0 radical (unpaired) electrons. The first-order valence-electron chi connectivity index (χ1n) is 2.37. The number of carbonyl (C=O) groups is 1. The number of aldehydes is 1. The molecule has 4 heteroatoms. The Morgan fingerprint density at radius 1 is 1.89 bits per heavy atom. The van der Waals surface area contributed by atoms with E-state index in [4.69, 9.17) is 5.11 Å². The van der Waals surface area contributed by atoms with E-state index in [0.29, 0.717) is 11.3 Å². The average Bonchev–Trinajstić information content (AvgIpc) is 2.37. The summed E-state index contributed by atoms with van der Waals surface area (Å²) >= 11 is 1.26. The zero-order chi connectivity index (χ0) is 6.69. The van der Waals surface area contributed by atoms with Crippen LogP contribution >= 0.6 is 11.3 Å². The highest BCUT2D eigenvalue weighted by Gasteiger charge is 2.05. The predicted molar refractivity (Wildman–Crippen MR) is 33.1 cm³/mol. The van der Waals surface area contributed by atoms with Gasteiger partial charge in [0, 0.05) is 11.6 Å². The molecule has 1 N–H and O–H groups in total. The van der Waals surface area contributed by atoms with E-state index in [1.54, 1.807) is 11.6 Å². The molecule has 0 aliphatic rings. The fourth-order valence-electron chi connectivity index (χ4n) is 0.439. The molecule has 0 aromatic carbocycles. The zero-order valence-corrected chi connectivity index (χ0v) is 5.34. The van der Waals surface area contributed by atoms with Crippen molar-refractivity contribution in [3.05, 3.63) is 16.6 Å². The molecule has 9 heavy (non-hydrogen) atoms. The molecule has 1 heterocycles. The molecular weight excluding hydrogens is 138 g/mol. The number of thiazole rings is 1. The minimum absolute atomic E-state index is 0.449. The van der Waals surface area contributed by atoms with E-state index in [0.717, 1.165) is 0 Å². The van der Waals surface area contributed by atoms with Gasteiger partial charge in [0.05, 0.1) is 0 Å². The molecule has 0 bridgehead atoms. The smallest absolute Gasteiger partial charge is 0.160 e. The van der Waals surface area contributed by atoms with E-state index in [-0.39, 0.29) is 0 Å². The molecule has 0 saturated heterocycles. The maximum absolute atomic E-state index is 9.92. The number of hydrogen-bond donors (Lipinski definition) is 1. The first kappa shape index (κ1) is 6.38. The van der Waals surface area contributed by atoms with Gasteiger partial charge in [-0.05, 0) is 0 Å². The summed E-state index contributed by atoms with van der Waals surface area (Å²) < 4.78 is 0. The Labute approximate surface area is 56.0 Å². The highest BCUT2D eigenvalue weighted by atomic mass is 32.1. The van der Waals surface area contributed by atoms with Crippen molar-refractivity contribution in [2.45, 2.75) is 6.10 Å². The molecule has 1 unspecified atom stereocenters. The Kier molecular flexibility index (Phi) is 1.92. The van der Waals surface area contributed by atoms with Crippen molar-refractivity contribution in [3.63, 3.8) is 0 Å². The lowest BCUT2D eigenvalue weighted by molar-refractivity contribution is -0.115. The first-order valence-corrected chi connectivity index (χ1v) is 3.25. The van der Waals surface area contributed by atoms with E-state index in [2.05, 4.69) is 4.98 Å². The van der Waals surface area contributed by atoms with E-state index < -0.39 is 6.10 Å². The molecule has 0 saturated carbocycles. The largest absolute Gasteiger partial charge is 0.378 e. The van der Waals surface area contributed by atoms with Crippen LogP contribution in [0.25, 0.3) is 0 Å². The average molecular weight is 143 g/mol. The van der Waals surface area contributed by atoms with Crippen LogP contribution in [-0.2, 0) is 4.79 Å². The zero-order valence-electron chi connectivity index (χ0n) is 4.52. The van der Waals surface area contributed by atoms with Crippen molar-refractivity contribution in [2.75, 3.05) is 0 Å². The lowest BCUT2D eigenvalue weighted by atomic mass is 10.4. The monoisotopic (exact) mass is 143 g/mol. The fourth-order valence-corrected chi connectivity index (χ4v) is 1.02. The van der Waals surface area contributed by atoms with Gasteiger partial charge in [0.25, 0.3) is 0 Å². The molecular formula is C5H5NO2S. The SMILES string of the molecule is O=CC(O)c1nccs1. The number of nitrogens with zero attached hydrogens (tertiary/aromatic N) is 1. The Morgan fingerprint density at radius 3 is 3.11 bits per heavy atom. The highest BCUT2D eigenvalue weighted by molar-refractivity contribution is 7.09. The van der Waals surface area contributed by atoms with Gasteiger partial charge in [-0.15, -0.1) is 11.3 Å². The third-order valence-electron chi connectivity index (χ3n) is 0.833. The summed E-state index contributed by atoms with van der Waals surface area (Å²) in [7, 11) is 0. The Hall–Kier alpha value is -0.740. The Morgan fingerprint density at radius 2 is 2.67 bits per heavy atom. The van der Waals surface area contributed by atoms with Crippen molar-refractivity contribution < 1.29 is 9.90 Å². The topological polar surface area (TPSA) is 50.2 Å². The van der Waals surface area contributed by atoms with Crippen LogP contribution in [0.5, 0.6) is 0 Å². The number of aliphatic hydroxyl groups is 1. The quantitative estimate of drug-likeness (QED) is 0.609. The summed E-state index contributed by atoms with van der Waals surface area (Å²) in [5.41, 5.74) is 0. The van der Waals surface area contributed by atoms with Crippen LogP contribution in [0.4, 0.5) is 0 Å². The molecule has 1 aromatic heterocycles. The van der Waals surface area contributed by atoms with E-state index >= 15 is 0 Å². The van der Waals surface area contributed by atoms with Crippen molar-refractivity contribution >= 4 is 17.6 Å². The number of aliphatic hydroxyl groups excluding tert-OH is 1. The second-order valence-electron chi connectivity index (χ2n) is 1.45. The van der Waals surface area contributed by atoms with Crippen LogP contribution in [-0.4, -0.2) is 16.4 Å². The van der Waals surface area contributed by atoms with Gasteiger partial charge in [-0.2, -0.15) is 0 Å². The molecule has 0 amide bonds. The van der Waals surface area contributed by atoms with Crippen molar-refractivity contribution in [3.8, 4) is 0 Å². The number of aromatic nitrogens is 1. The molecule has 0 aliphatic heterocycles. The maximum atomic E-state index is 9.92. The molecule has 48 valence electrons. The second kappa shape index (κ2) is 2.70. The van der Waals surface area contributed by atoms with Gasteiger partial charge in [0.1, 0.15) is 5.01 Å². The lowest BCUT2D eigenvalue weighted by Gasteiger charge is -1.92. The normalized spacial score (nSPS) is 13.0. The number of carbonyl (C=O) groups excluding carboxylic acids is 1. The van der Waals surface area contributed by atoms with Gasteiger partial charge in [-0.1, -0.05) is 0 Å². The maximum Gasteiger partial charge on any atom is 0.160 e. The summed E-state index contributed by atoms with van der Waals surface area (Å²) in [6, 6.07) is 0. The summed E-state index contributed by atoms with van der Waals surface area (Å²) in [4.78, 5) is 13.6. The summed E-state index contributed by atoms with van der Waals surface area (Å²) in [5.74, 6) is 0. The molecule has 0 aliphatic carbocycles. The highest BCUT2D eigenvalue weighted by Crippen LogP contribution is 2.11. The second-order valence-corrected chi connectivity index (χ2v) is 2.38. The van der Waals surface area contributed by atoms with E-state index in [1.165, 1.54) is 11.3 Å². The third-order valence-corrected chi connectivity index (χ3v) is 1.68. The first-order chi connectivity index (χ1) is 4.34. The van der Waals surface area contributed by atoms with Crippen LogP contribution in [0.15, 0.2) is 11.6 Å². The van der Waals surface area contributed by atoms with Crippen LogP contribution in [0.3, 0.4) is 0 Å². The molecule has 1 aromatic rings. The van der Waals surface area contributed by atoms with Gasteiger partial charge < -0.3 is 5.11 Å². The van der Waals surface area contributed by atoms with Crippen LogP contribution in [0.2, 0.25) is 0 Å². The molecule has 1 atom stereocenters. The molecule has 0 spiro atoms. The minimum Gasteiger partial charge on any atom is -0.378 e. The molecule has 3 nitrogen and oxygen atoms in total. The molecule has 0 fully saturated rings. The van der Waals surface area contributed by atoms with Gasteiger partial charge in [0.15, 0.2) is 12.4 Å². The van der Waals surface area contributed by atoms with Gasteiger partial charge >= 0.3 is 0 Å². The van der Waals surface area contributed by atoms with Gasteiger partial charge in [-0.25, -0.2) is 4.98 Å². The minimum atomic E-state index is -1.04.